The van der Waals surface area contributed by atoms with E-state index in [-0.39, 0.29) is 0 Å². The Morgan fingerprint density at radius 2 is 2.12 bits per heavy atom. The lowest BCUT2D eigenvalue weighted by Gasteiger charge is -2.09. The molecule has 1 atom stereocenters. The third-order valence-corrected chi connectivity index (χ3v) is 3.54. The maximum atomic E-state index is 12.0. The molecule has 1 N–H and O–H groups in total. The third kappa shape index (κ3) is 4.00. The molecule has 1 unspecified atom stereocenters. The summed E-state index contributed by atoms with van der Waals surface area (Å²) in [5.74, 6) is 0.886. The van der Waals surface area contributed by atoms with E-state index in [1.807, 2.05) is 18.2 Å². The molecule has 0 bridgehead atoms. The molecule has 0 spiro atoms. The lowest BCUT2D eigenvalue weighted by molar-refractivity contribution is 0.159. The summed E-state index contributed by atoms with van der Waals surface area (Å²) in [6.45, 7) is -0.409. The van der Waals surface area contributed by atoms with Crippen LogP contribution in [-0.2, 0) is 6.42 Å². The highest BCUT2D eigenvalue weighted by atomic mass is 32.2. The van der Waals surface area contributed by atoms with Gasteiger partial charge in [0.25, 0.3) is 6.43 Å². The molecule has 1 saturated heterocycles. The predicted octanol–water partition coefficient (Wildman–Crippen LogP) is 2.56. The monoisotopic (exact) mass is 256 g/mol. The summed E-state index contributed by atoms with van der Waals surface area (Å²) in [6, 6.07) is 10.4. The fourth-order valence-corrected chi connectivity index (χ4v) is 2.67. The summed E-state index contributed by atoms with van der Waals surface area (Å²) in [4.78, 5) is 3.83. The summed E-state index contributed by atoms with van der Waals surface area (Å²) >= 11 is 1.52. The van der Waals surface area contributed by atoms with Gasteiger partial charge >= 0.3 is 0 Å². The van der Waals surface area contributed by atoms with Gasteiger partial charge in [0.1, 0.15) is 6.54 Å². The number of aliphatic imine (C=N–C) groups is 1. The first kappa shape index (κ1) is 12.4. The van der Waals surface area contributed by atoms with Crippen LogP contribution in [0.5, 0.6) is 0 Å². The van der Waals surface area contributed by atoms with E-state index >= 15 is 0 Å². The van der Waals surface area contributed by atoms with Gasteiger partial charge in [-0.25, -0.2) is 8.78 Å². The van der Waals surface area contributed by atoms with E-state index in [4.69, 9.17) is 0 Å². The van der Waals surface area contributed by atoms with Gasteiger partial charge < -0.3 is 5.32 Å². The number of nitrogens with one attached hydrogen (secondary N) is 1. The predicted molar refractivity (Wildman–Crippen MR) is 67.8 cm³/mol. The first-order valence-corrected chi connectivity index (χ1v) is 6.48. The number of benzene rings is 1. The van der Waals surface area contributed by atoms with Gasteiger partial charge in [0, 0.05) is 11.8 Å². The fraction of sp³-hybridized carbons (Fsp3) is 0.417. The number of hydrogen-bond donors (Lipinski definition) is 1. The SMILES string of the molecule is FC(F)CN=C1NC(Cc2ccccc2)CS1. The third-order valence-electron chi connectivity index (χ3n) is 2.45. The van der Waals surface area contributed by atoms with E-state index in [1.54, 1.807) is 0 Å². The van der Waals surface area contributed by atoms with Gasteiger partial charge in [-0.3, -0.25) is 4.99 Å². The quantitative estimate of drug-likeness (QED) is 0.895. The van der Waals surface area contributed by atoms with E-state index in [0.717, 1.165) is 12.2 Å². The molecule has 1 aliphatic rings. The number of nitrogens with zero attached hydrogens (tertiary/aromatic N) is 1. The molecule has 1 aromatic rings. The van der Waals surface area contributed by atoms with Crippen LogP contribution in [-0.4, -0.2) is 29.9 Å². The number of halogens is 2. The lowest BCUT2D eigenvalue weighted by atomic mass is 10.1. The highest BCUT2D eigenvalue weighted by Crippen LogP contribution is 2.17. The number of alkyl halides is 2. The number of thioether (sulfide) groups is 1. The van der Waals surface area contributed by atoms with Crippen molar-refractivity contribution >= 4 is 16.9 Å². The molecule has 1 aromatic carbocycles. The van der Waals surface area contributed by atoms with E-state index in [0.29, 0.717) is 11.2 Å². The van der Waals surface area contributed by atoms with Crippen LogP contribution in [0.1, 0.15) is 5.56 Å². The van der Waals surface area contributed by atoms with Crippen LogP contribution < -0.4 is 5.32 Å². The summed E-state index contributed by atoms with van der Waals surface area (Å²) in [5, 5.41) is 3.82. The molecule has 0 radical (unpaired) electrons. The van der Waals surface area contributed by atoms with Gasteiger partial charge in [0.15, 0.2) is 5.17 Å². The van der Waals surface area contributed by atoms with E-state index in [1.165, 1.54) is 17.3 Å². The zero-order valence-corrected chi connectivity index (χ0v) is 10.1. The number of rotatable bonds is 4. The van der Waals surface area contributed by atoms with Crippen molar-refractivity contribution in [2.24, 2.45) is 4.99 Å². The van der Waals surface area contributed by atoms with Crippen molar-refractivity contribution in [1.82, 2.24) is 5.32 Å². The first-order valence-electron chi connectivity index (χ1n) is 5.50. The normalized spacial score (nSPS) is 22.1. The zero-order valence-electron chi connectivity index (χ0n) is 9.27. The molecule has 2 nitrogen and oxygen atoms in total. The zero-order chi connectivity index (χ0) is 12.1. The standard InChI is InChI=1S/C12H14F2N2S/c13-11(14)7-15-12-16-10(8-17-12)6-9-4-2-1-3-5-9/h1-5,10-11H,6-8H2,(H,15,16). The number of amidine groups is 1. The topological polar surface area (TPSA) is 24.4 Å². The van der Waals surface area contributed by atoms with Crippen molar-refractivity contribution in [2.75, 3.05) is 12.3 Å². The van der Waals surface area contributed by atoms with Crippen molar-refractivity contribution in [3.05, 3.63) is 35.9 Å². The van der Waals surface area contributed by atoms with Gasteiger partial charge in [0.05, 0.1) is 0 Å². The summed E-state index contributed by atoms with van der Waals surface area (Å²) in [5.41, 5.74) is 1.25. The Balaban J connectivity index is 1.84. The molecule has 0 saturated carbocycles. The molecule has 0 aromatic heterocycles. The summed E-state index contributed by atoms with van der Waals surface area (Å²) in [6.07, 6.45) is -1.46. The molecule has 1 aliphatic heterocycles. The van der Waals surface area contributed by atoms with Gasteiger partial charge in [0.2, 0.25) is 0 Å². The second kappa shape index (κ2) is 6.00. The molecular weight excluding hydrogens is 242 g/mol. The van der Waals surface area contributed by atoms with Crippen LogP contribution in [0.15, 0.2) is 35.3 Å². The molecule has 0 aliphatic carbocycles. The van der Waals surface area contributed by atoms with Gasteiger partial charge in [-0.1, -0.05) is 42.1 Å². The average molecular weight is 256 g/mol. The Bertz CT molecular complexity index is 381. The second-order valence-corrected chi connectivity index (χ2v) is 4.89. The minimum atomic E-state index is -2.36. The Labute approximate surface area is 104 Å². The van der Waals surface area contributed by atoms with Crippen molar-refractivity contribution in [3.8, 4) is 0 Å². The van der Waals surface area contributed by atoms with Gasteiger partial charge in [-0.2, -0.15) is 0 Å². The first-order chi connectivity index (χ1) is 8.24. The molecule has 5 heteroatoms. The molecule has 2 rings (SSSR count). The van der Waals surface area contributed by atoms with E-state index in [9.17, 15) is 8.78 Å². The smallest absolute Gasteiger partial charge is 0.257 e. The average Bonchev–Trinajstić information content (AvgIpc) is 2.75. The Hall–Kier alpha value is -1.10. The highest BCUT2D eigenvalue weighted by Gasteiger charge is 2.20. The van der Waals surface area contributed by atoms with Crippen molar-refractivity contribution < 1.29 is 8.78 Å². The number of hydrogen-bond acceptors (Lipinski definition) is 2. The van der Waals surface area contributed by atoms with Crippen LogP contribution in [0.3, 0.4) is 0 Å². The molecule has 1 fully saturated rings. The maximum absolute atomic E-state index is 12.0. The Morgan fingerprint density at radius 3 is 2.82 bits per heavy atom. The molecular formula is C12H14F2N2S. The van der Waals surface area contributed by atoms with Crippen molar-refractivity contribution in [3.63, 3.8) is 0 Å². The maximum Gasteiger partial charge on any atom is 0.257 e. The summed E-state index contributed by atoms with van der Waals surface area (Å²) < 4.78 is 24.0. The van der Waals surface area contributed by atoms with Crippen molar-refractivity contribution in [2.45, 2.75) is 18.9 Å². The van der Waals surface area contributed by atoms with Crippen LogP contribution in [0.25, 0.3) is 0 Å². The molecule has 1 heterocycles. The Kier molecular flexibility index (Phi) is 4.36. The molecule has 92 valence electrons. The van der Waals surface area contributed by atoms with E-state index in [2.05, 4.69) is 22.4 Å². The van der Waals surface area contributed by atoms with Crippen molar-refractivity contribution in [1.29, 1.82) is 0 Å². The second-order valence-electron chi connectivity index (χ2n) is 3.88. The van der Waals surface area contributed by atoms with Crippen LogP contribution in [0.2, 0.25) is 0 Å². The van der Waals surface area contributed by atoms with Crippen LogP contribution in [0.4, 0.5) is 8.78 Å². The minimum absolute atomic E-state index is 0.291. The van der Waals surface area contributed by atoms with Crippen LogP contribution in [0, 0.1) is 0 Å². The molecule has 17 heavy (non-hydrogen) atoms. The van der Waals surface area contributed by atoms with Crippen LogP contribution >= 0.6 is 11.8 Å². The highest BCUT2D eigenvalue weighted by molar-refractivity contribution is 8.14. The lowest BCUT2D eigenvalue weighted by Crippen LogP contribution is -2.29. The van der Waals surface area contributed by atoms with E-state index < -0.39 is 13.0 Å². The fourth-order valence-electron chi connectivity index (χ4n) is 1.69. The summed E-state index contributed by atoms with van der Waals surface area (Å²) in [7, 11) is 0. The molecule has 0 amide bonds. The van der Waals surface area contributed by atoms with Gasteiger partial charge in [-0.15, -0.1) is 0 Å². The largest absolute Gasteiger partial charge is 0.361 e. The minimum Gasteiger partial charge on any atom is -0.361 e. The Morgan fingerprint density at radius 1 is 1.35 bits per heavy atom. The van der Waals surface area contributed by atoms with Gasteiger partial charge in [-0.05, 0) is 12.0 Å².